The van der Waals surface area contributed by atoms with Crippen molar-refractivity contribution in [3.63, 3.8) is 0 Å². The fourth-order valence-corrected chi connectivity index (χ4v) is 3.47. The number of aromatic nitrogens is 1. The van der Waals surface area contributed by atoms with E-state index < -0.39 is 0 Å². The first-order valence-electron chi connectivity index (χ1n) is 8.92. The quantitative estimate of drug-likeness (QED) is 0.834. The normalized spacial score (nSPS) is 16.1. The summed E-state index contributed by atoms with van der Waals surface area (Å²) in [5, 5.41) is 0.946. The van der Waals surface area contributed by atoms with Gasteiger partial charge in [0.2, 0.25) is 0 Å². The highest BCUT2D eigenvalue weighted by Gasteiger charge is 2.26. The Labute approximate surface area is 168 Å². The predicted molar refractivity (Wildman–Crippen MR) is 113 cm³/mol. The van der Waals surface area contributed by atoms with Crippen molar-refractivity contribution in [2.45, 2.75) is 45.6 Å². The number of hydrogen-bond donors (Lipinski definition) is 1. The van der Waals surface area contributed by atoms with Gasteiger partial charge in [-0.15, -0.1) is 24.8 Å². The zero-order valence-corrected chi connectivity index (χ0v) is 17.3. The molecule has 1 aliphatic heterocycles. The Morgan fingerprint density at radius 3 is 2.35 bits per heavy atom. The van der Waals surface area contributed by atoms with E-state index in [9.17, 15) is 4.79 Å². The molecule has 26 heavy (non-hydrogen) atoms. The Bertz CT molecular complexity index is 741. The van der Waals surface area contributed by atoms with Crippen LogP contribution in [0, 0.1) is 5.92 Å². The molecule has 0 saturated carbocycles. The van der Waals surface area contributed by atoms with E-state index in [-0.39, 0.29) is 36.8 Å². The van der Waals surface area contributed by atoms with Crippen LogP contribution in [0.15, 0.2) is 30.3 Å². The minimum Gasteiger partial charge on any atom is -0.339 e. The Morgan fingerprint density at radius 2 is 1.77 bits per heavy atom. The van der Waals surface area contributed by atoms with Gasteiger partial charge in [0.1, 0.15) is 0 Å². The fraction of sp³-hybridized carbons (Fsp3) is 0.500. The van der Waals surface area contributed by atoms with E-state index in [1.165, 1.54) is 0 Å². The van der Waals surface area contributed by atoms with Gasteiger partial charge in [0.05, 0.1) is 11.1 Å². The number of para-hydroxylation sites is 1. The van der Waals surface area contributed by atoms with Gasteiger partial charge in [-0.3, -0.25) is 9.78 Å². The van der Waals surface area contributed by atoms with Crippen LogP contribution in [-0.2, 0) is 0 Å². The summed E-state index contributed by atoms with van der Waals surface area (Å²) in [4.78, 5) is 19.8. The second kappa shape index (κ2) is 9.54. The number of rotatable bonds is 3. The Morgan fingerprint density at radius 1 is 1.15 bits per heavy atom. The molecular formula is C20H29Cl2N3O. The van der Waals surface area contributed by atoms with Crippen molar-refractivity contribution in [3.8, 4) is 0 Å². The molecule has 2 aromatic rings. The molecular weight excluding hydrogens is 369 g/mol. The van der Waals surface area contributed by atoms with Crippen LogP contribution < -0.4 is 5.73 Å². The SMILES string of the molecule is CC(C)c1cc(C(=O)N2CCC(C(C)N)CC2)c2ccccc2n1.Cl.Cl. The largest absolute Gasteiger partial charge is 0.339 e. The van der Waals surface area contributed by atoms with Gasteiger partial charge in [-0.1, -0.05) is 32.0 Å². The van der Waals surface area contributed by atoms with E-state index in [0.717, 1.165) is 48.1 Å². The van der Waals surface area contributed by atoms with Crippen LogP contribution >= 0.6 is 24.8 Å². The van der Waals surface area contributed by atoms with Crippen LogP contribution in [0.4, 0.5) is 0 Å². The predicted octanol–water partition coefficient (Wildman–Crippen LogP) is 4.40. The first kappa shape index (κ1) is 22.7. The zero-order chi connectivity index (χ0) is 17.3. The summed E-state index contributed by atoms with van der Waals surface area (Å²) in [6, 6.07) is 10.1. The zero-order valence-electron chi connectivity index (χ0n) is 15.6. The lowest BCUT2D eigenvalue weighted by Crippen LogP contribution is -2.42. The highest BCUT2D eigenvalue weighted by Crippen LogP contribution is 2.26. The van der Waals surface area contributed by atoms with Gasteiger partial charge in [-0.05, 0) is 43.7 Å². The van der Waals surface area contributed by atoms with E-state index in [4.69, 9.17) is 10.7 Å². The first-order chi connectivity index (χ1) is 11.5. The standard InChI is InChI=1S/C20H27N3O.2ClH/c1-13(2)19-12-17(16-6-4-5-7-18(16)22-19)20(24)23-10-8-15(9-11-23)14(3)21;;/h4-7,12-15H,8-11,21H2,1-3H3;2*1H. The fourth-order valence-electron chi connectivity index (χ4n) is 3.47. The summed E-state index contributed by atoms with van der Waals surface area (Å²) in [7, 11) is 0. The van der Waals surface area contributed by atoms with Crippen molar-refractivity contribution in [2.24, 2.45) is 11.7 Å². The van der Waals surface area contributed by atoms with Crippen molar-refractivity contribution in [2.75, 3.05) is 13.1 Å². The van der Waals surface area contributed by atoms with Crippen LogP contribution in [0.5, 0.6) is 0 Å². The van der Waals surface area contributed by atoms with Gasteiger partial charge in [-0.2, -0.15) is 0 Å². The number of halogens is 2. The lowest BCUT2D eigenvalue weighted by Gasteiger charge is -2.34. The number of fused-ring (bicyclic) bond motifs is 1. The van der Waals surface area contributed by atoms with E-state index in [1.807, 2.05) is 35.2 Å². The Balaban J connectivity index is 0.00000169. The number of likely N-dealkylation sites (tertiary alicyclic amines) is 1. The van der Waals surface area contributed by atoms with Crippen LogP contribution in [0.1, 0.15) is 55.6 Å². The van der Waals surface area contributed by atoms with E-state index in [1.54, 1.807) is 0 Å². The number of carbonyl (C=O) groups is 1. The van der Waals surface area contributed by atoms with E-state index >= 15 is 0 Å². The molecule has 1 aliphatic rings. The monoisotopic (exact) mass is 397 g/mol. The molecule has 1 unspecified atom stereocenters. The number of nitrogens with two attached hydrogens (primary N) is 1. The number of benzene rings is 1. The molecule has 2 N–H and O–H groups in total. The molecule has 144 valence electrons. The van der Waals surface area contributed by atoms with Gasteiger partial charge < -0.3 is 10.6 Å². The first-order valence-corrected chi connectivity index (χ1v) is 8.92. The number of nitrogens with zero attached hydrogens (tertiary/aromatic N) is 2. The summed E-state index contributed by atoms with van der Waals surface area (Å²) in [5.74, 6) is 0.943. The molecule has 1 atom stereocenters. The highest BCUT2D eigenvalue weighted by molar-refractivity contribution is 6.06. The Kier molecular flexibility index (Phi) is 8.32. The second-order valence-corrected chi connectivity index (χ2v) is 7.26. The minimum atomic E-state index is 0. The van der Waals surface area contributed by atoms with Crippen molar-refractivity contribution < 1.29 is 4.79 Å². The molecule has 1 saturated heterocycles. The molecule has 3 rings (SSSR count). The third-order valence-electron chi connectivity index (χ3n) is 5.13. The van der Waals surface area contributed by atoms with E-state index in [0.29, 0.717) is 11.8 Å². The molecule has 4 nitrogen and oxygen atoms in total. The molecule has 0 radical (unpaired) electrons. The maximum Gasteiger partial charge on any atom is 0.254 e. The van der Waals surface area contributed by atoms with Crippen molar-refractivity contribution >= 4 is 41.6 Å². The highest BCUT2D eigenvalue weighted by atomic mass is 35.5. The average molecular weight is 398 g/mol. The molecule has 6 heteroatoms. The molecule has 1 aromatic carbocycles. The lowest BCUT2D eigenvalue weighted by molar-refractivity contribution is 0.0683. The molecule has 2 heterocycles. The molecule has 1 fully saturated rings. The van der Waals surface area contributed by atoms with E-state index in [2.05, 4.69) is 20.8 Å². The van der Waals surface area contributed by atoms with Gasteiger partial charge in [0.25, 0.3) is 5.91 Å². The number of pyridine rings is 1. The maximum atomic E-state index is 13.1. The molecule has 1 aromatic heterocycles. The van der Waals surface area contributed by atoms with Gasteiger partial charge in [-0.25, -0.2) is 0 Å². The Hall–Kier alpha value is -1.36. The average Bonchev–Trinajstić information content (AvgIpc) is 2.60. The summed E-state index contributed by atoms with van der Waals surface area (Å²) >= 11 is 0. The van der Waals surface area contributed by atoms with Crippen molar-refractivity contribution in [3.05, 3.63) is 41.6 Å². The number of hydrogen-bond acceptors (Lipinski definition) is 3. The summed E-state index contributed by atoms with van der Waals surface area (Å²) in [5.41, 5.74) is 8.67. The molecule has 1 amide bonds. The lowest BCUT2D eigenvalue weighted by atomic mass is 9.90. The maximum absolute atomic E-state index is 13.1. The van der Waals surface area contributed by atoms with Crippen LogP contribution in [0.25, 0.3) is 10.9 Å². The molecule has 0 spiro atoms. The number of amides is 1. The number of piperidine rings is 1. The number of carbonyl (C=O) groups excluding carboxylic acids is 1. The summed E-state index contributed by atoms with van der Waals surface area (Å²) < 4.78 is 0. The molecule has 0 bridgehead atoms. The van der Waals surface area contributed by atoms with Crippen LogP contribution in [0.2, 0.25) is 0 Å². The van der Waals surface area contributed by atoms with Crippen molar-refractivity contribution in [1.29, 1.82) is 0 Å². The van der Waals surface area contributed by atoms with Gasteiger partial charge in [0, 0.05) is 30.2 Å². The van der Waals surface area contributed by atoms with Crippen molar-refractivity contribution in [1.82, 2.24) is 9.88 Å². The summed E-state index contributed by atoms with van der Waals surface area (Å²) in [6.07, 6.45) is 1.98. The van der Waals surface area contributed by atoms with Crippen LogP contribution in [-0.4, -0.2) is 34.9 Å². The van der Waals surface area contributed by atoms with Crippen LogP contribution in [0.3, 0.4) is 0 Å². The third kappa shape index (κ3) is 4.67. The molecule has 0 aliphatic carbocycles. The smallest absolute Gasteiger partial charge is 0.254 e. The van der Waals surface area contributed by atoms with Gasteiger partial charge >= 0.3 is 0 Å². The third-order valence-corrected chi connectivity index (χ3v) is 5.13. The summed E-state index contributed by atoms with van der Waals surface area (Å²) in [6.45, 7) is 7.86. The minimum absolute atomic E-state index is 0. The second-order valence-electron chi connectivity index (χ2n) is 7.26. The van der Waals surface area contributed by atoms with Gasteiger partial charge in [0.15, 0.2) is 0 Å². The topological polar surface area (TPSA) is 59.2 Å².